The topological polar surface area (TPSA) is 111 Å². The van der Waals surface area contributed by atoms with Crippen LogP contribution >= 0.6 is 23.4 Å². The number of nitrogens with one attached hydrogen (secondary N) is 2. The molecule has 2 heterocycles. The van der Waals surface area contributed by atoms with Gasteiger partial charge in [-0.05, 0) is 44.9 Å². The van der Waals surface area contributed by atoms with Crippen LogP contribution in [0.4, 0.5) is 0 Å². The monoisotopic (exact) mass is 502 g/mol. The van der Waals surface area contributed by atoms with Crippen molar-refractivity contribution in [2.45, 2.75) is 99.2 Å². The van der Waals surface area contributed by atoms with Gasteiger partial charge in [-0.1, -0.05) is 49.5 Å². The Bertz CT molecular complexity index is 698. The van der Waals surface area contributed by atoms with E-state index in [4.69, 9.17) is 16.3 Å². The summed E-state index contributed by atoms with van der Waals surface area (Å²) < 4.78 is 5.83. The average molecular weight is 503 g/mol. The smallest absolute Gasteiger partial charge is 0.237 e. The number of rotatable bonds is 8. The van der Waals surface area contributed by atoms with Gasteiger partial charge in [0.1, 0.15) is 29.9 Å². The van der Waals surface area contributed by atoms with Crippen molar-refractivity contribution in [2.24, 2.45) is 5.92 Å². The molecule has 33 heavy (non-hydrogen) atoms. The maximum Gasteiger partial charge on any atom is 0.237 e. The molecule has 0 aromatic rings. The van der Waals surface area contributed by atoms with Gasteiger partial charge < -0.3 is 30.7 Å². The van der Waals surface area contributed by atoms with Crippen LogP contribution in [0.5, 0.6) is 0 Å². The van der Waals surface area contributed by atoms with Crippen LogP contribution in [0.1, 0.15) is 51.9 Å². The van der Waals surface area contributed by atoms with Crippen LogP contribution in [-0.4, -0.2) is 81.3 Å². The number of alkyl halides is 1. The Morgan fingerprint density at radius 2 is 2.03 bits per heavy atom. The number of aliphatic hydroxyl groups excluding tert-OH is 3. The van der Waals surface area contributed by atoms with Crippen LogP contribution in [0.25, 0.3) is 0 Å². The number of ether oxygens (including phenoxy) is 1. The fraction of sp³-hybridized carbons (Fsp3) is 0.792. The SMILES string of the molecule is CSC1OC(C(NC(=O)C2CC=C(/C=C/CC3CCCC3)CCN2)C(C)Cl)C(O)C(O)C1O. The first kappa shape index (κ1) is 27.0. The molecule has 0 bridgehead atoms. The van der Waals surface area contributed by atoms with Gasteiger partial charge >= 0.3 is 0 Å². The van der Waals surface area contributed by atoms with Crippen LogP contribution < -0.4 is 10.6 Å². The molecule has 3 aliphatic rings. The van der Waals surface area contributed by atoms with Crippen LogP contribution in [0, 0.1) is 5.92 Å². The summed E-state index contributed by atoms with van der Waals surface area (Å²) >= 11 is 7.60. The van der Waals surface area contributed by atoms with Crippen molar-refractivity contribution in [3.63, 3.8) is 0 Å². The molecule has 7 nitrogen and oxygen atoms in total. The third-order valence-electron chi connectivity index (χ3n) is 7.01. The van der Waals surface area contributed by atoms with E-state index in [0.717, 1.165) is 18.8 Å². The Morgan fingerprint density at radius 3 is 2.70 bits per heavy atom. The number of hydrogen-bond donors (Lipinski definition) is 5. The first-order chi connectivity index (χ1) is 15.8. The van der Waals surface area contributed by atoms with Crippen molar-refractivity contribution >= 4 is 29.3 Å². The van der Waals surface area contributed by atoms with E-state index in [9.17, 15) is 20.1 Å². The van der Waals surface area contributed by atoms with Gasteiger partial charge in [0.2, 0.25) is 5.91 Å². The van der Waals surface area contributed by atoms with Crippen molar-refractivity contribution in [3.05, 3.63) is 23.8 Å². The molecule has 0 spiro atoms. The summed E-state index contributed by atoms with van der Waals surface area (Å²) in [6, 6.07) is -1.15. The molecule has 1 saturated heterocycles. The highest BCUT2D eigenvalue weighted by atomic mass is 35.5. The highest BCUT2D eigenvalue weighted by Gasteiger charge is 2.48. The summed E-state index contributed by atoms with van der Waals surface area (Å²) in [6.45, 7) is 2.41. The van der Waals surface area contributed by atoms with Gasteiger partial charge in [0.25, 0.3) is 0 Å². The molecule has 8 atom stereocenters. The third-order valence-corrected chi connectivity index (χ3v) is 8.14. The second-order valence-corrected chi connectivity index (χ2v) is 11.1. The molecule has 1 amide bonds. The average Bonchev–Trinajstić information content (AvgIpc) is 3.20. The van der Waals surface area contributed by atoms with Crippen LogP contribution in [0.2, 0.25) is 0 Å². The lowest BCUT2D eigenvalue weighted by atomic mass is 9.93. The van der Waals surface area contributed by atoms with Gasteiger partial charge in [-0.3, -0.25) is 4.79 Å². The number of hydrogen-bond acceptors (Lipinski definition) is 7. The summed E-state index contributed by atoms with van der Waals surface area (Å²) in [5, 5.41) is 36.6. The number of carbonyl (C=O) groups excluding carboxylic acids is 1. The molecule has 8 unspecified atom stereocenters. The quantitative estimate of drug-likeness (QED) is 0.323. The van der Waals surface area contributed by atoms with Gasteiger partial charge in [0.15, 0.2) is 0 Å². The highest BCUT2D eigenvalue weighted by molar-refractivity contribution is 7.99. The van der Waals surface area contributed by atoms with E-state index in [2.05, 4.69) is 28.9 Å². The second-order valence-electron chi connectivity index (χ2n) is 9.45. The van der Waals surface area contributed by atoms with Crippen molar-refractivity contribution in [3.8, 4) is 0 Å². The minimum atomic E-state index is -1.38. The summed E-state index contributed by atoms with van der Waals surface area (Å²) in [6.07, 6.45) is 11.4. The van der Waals surface area contributed by atoms with E-state index >= 15 is 0 Å². The van der Waals surface area contributed by atoms with E-state index in [0.29, 0.717) is 13.0 Å². The number of halogens is 1. The van der Waals surface area contributed by atoms with E-state index in [1.54, 1.807) is 13.2 Å². The number of aliphatic hydroxyl groups is 3. The fourth-order valence-electron chi connectivity index (χ4n) is 4.94. The zero-order valence-electron chi connectivity index (χ0n) is 19.5. The number of thioether (sulfide) groups is 1. The predicted molar refractivity (Wildman–Crippen MR) is 132 cm³/mol. The first-order valence-electron chi connectivity index (χ1n) is 12.1. The summed E-state index contributed by atoms with van der Waals surface area (Å²) in [5.41, 5.74) is 0.518. The lowest BCUT2D eigenvalue weighted by Crippen LogP contribution is -2.65. The minimum Gasteiger partial charge on any atom is -0.388 e. The minimum absolute atomic E-state index is 0.225. The molecule has 9 heteroatoms. The molecule has 188 valence electrons. The lowest BCUT2D eigenvalue weighted by Gasteiger charge is -2.44. The van der Waals surface area contributed by atoms with Gasteiger partial charge in [-0.25, -0.2) is 0 Å². The normalized spacial score (nSPS) is 35.8. The number of carbonyl (C=O) groups is 1. The summed E-state index contributed by atoms with van der Waals surface area (Å²) in [4.78, 5) is 13.1. The molecule has 0 aromatic carbocycles. The van der Waals surface area contributed by atoms with E-state index in [-0.39, 0.29) is 5.91 Å². The Hall–Kier alpha value is -0.610. The highest BCUT2D eigenvalue weighted by Crippen LogP contribution is 2.30. The van der Waals surface area contributed by atoms with Crippen molar-refractivity contribution < 1.29 is 24.9 Å². The Labute approximate surface area is 206 Å². The fourth-order valence-corrected chi connectivity index (χ4v) is 5.83. The van der Waals surface area contributed by atoms with Crippen LogP contribution in [0.15, 0.2) is 23.8 Å². The second kappa shape index (κ2) is 12.9. The molecule has 1 aliphatic carbocycles. The molecule has 0 aromatic heterocycles. The Kier molecular flexibility index (Phi) is 10.6. The summed E-state index contributed by atoms with van der Waals surface area (Å²) in [5.74, 6) is 0.596. The maximum atomic E-state index is 13.1. The number of allylic oxidation sites excluding steroid dienone is 2. The van der Waals surface area contributed by atoms with E-state index in [1.807, 2.05) is 0 Å². The van der Waals surface area contributed by atoms with Crippen LogP contribution in [-0.2, 0) is 9.53 Å². The standard InChI is InChI=1S/C24H39ClN2O5S/c1-14(25)18(22-20(29)19(28)21(30)24(32-22)33-2)27-23(31)17-11-10-16(12-13-26-17)9-5-8-15-6-3-4-7-15/h5,9-10,14-15,17-22,24,26,28-30H,3-4,6-8,11-13H2,1-2H3,(H,27,31)/b9-5+. The molecular weight excluding hydrogens is 464 g/mol. The maximum absolute atomic E-state index is 13.1. The first-order valence-corrected chi connectivity index (χ1v) is 13.8. The van der Waals surface area contributed by atoms with Gasteiger partial charge in [0, 0.05) is 0 Å². The zero-order valence-corrected chi connectivity index (χ0v) is 21.1. The molecule has 5 N–H and O–H groups in total. The van der Waals surface area contributed by atoms with Crippen molar-refractivity contribution in [1.29, 1.82) is 0 Å². The largest absolute Gasteiger partial charge is 0.388 e. The molecule has 0 radical (unpaired) electrons. The van der Waals surface area contributed by atoms with Gasteiger partial charge in [0.05, 0.1) is 17.5 Å². The van der Waals surface area contributed by atoms with Crippen molar-refractivity contribution in [2.75, 3.05) is 12.8 Å². The third kappa shape index (κ3) is 7.19. The van der Waals surface area contributed by atoms with Crippen LogP contribution in [0.3, 0.4) is 0 Å². The molecule has 2 aliphatic heterocycles. The van der Waals surface area contributed by atoms with Gasteiger partial charge in [-0.2, -0.15) is 0 Å². The zero-order chi connectivity index (χ0) is 24.0. The molecule has 3 rings (SSSR count). The molecule has 2 fully saturated rings. The van der Waals surface area contributed by atoms with E-state index in [1.165, 1.54) is 43.0 Å². The van der Waals surface area contributed by atoms with Gasteiger partial charge in [-0.15, -0.1) is 23.4 Å². The number of amides is 1. The molecule has 1 saturated carbocycles. The lowest BCUT2D eigenvalue weighted by molar-refractivity contribution is -0.205. The summed E-state index contributed by atoms with van der Waals surface area (Å²) in [7, 11) is 0. The van der Waals surface area contributed by atoms with Crippen molar-refractivity contribution in [1.82, 2.24) is 10.6 Å². The Morgan fingerprint density at radius 1 is 1.30 bits per heavy atom. The molecular formula is C24H39ClN2O5S. The Balaban J connectivity index is 1.59. The predicted octanol–water partition coefficient (Wildman–Crippen LogP) is 2.08. The van der Waals surface area contributed by atoms with E-state index < -0.39 is 47.3 Å².